The van der Waals surface area contributed by atoms with E-state index in [9.17, 15) is 4.79 Å². The summed E-state index contributed by atoms with van der Waals surface area (Å²) in [5, 5.41) is 0. The van der Waals surface area contributed by atoms with Gasteiger partial charge in [-0.25, -0.2) is 0 Å². The second-order valence-electron chi connectivity index (χ2n) is 8.88. The fourth-order valence-electron chi connectivity index (χ4n) is 3.39. The number of carbonyl (C=O) groups excluding carboxylic acids is 1. The normalized spacial score (nSPS) is 9.56. The first-order valence-electron chi connectivity index (χ1n) is 13.7. The minimum atomic E-state index is 0.708. The van der Waals surface area contributed by atoms with Gasteiger partial charge in [0.15, 0.2) is 0 Å². The Bertz CT molecular complexity index is 1490. The van der Waals surface area contributed by atoms with Gasteiger partial charge in [-0.2, -0.15) is 0 Å². The van der Waals surface area contributed by atoms with Crippen molar-refractivity contribution in [2.45, 2.75) is 26.7 Å². The fraction of sp³-hybridized carbons (Fsp3) is 0.114. The van der Waals surface area contributed by atoms with Crippen molar-refractivity contribution in [2.75, 3.05) is 0 Å². The molecule has 0 unspecified atom stereocenters. The van der Waals surface area contributed by atoms with Crippen molar-refractivity contribution in [3.63, 3.8) is 0 Å². The number of aldehydes is 1. The molecule has 217 valence electrons. The molecule has 0 amide bonds. The van der Waals surface area contributed by atoms with E-state index in [1.807, 2.05) is 111 Å². The zero-order valence-corrected chi connectivity index (χ0v) is 25.9. The summed E-state index contributed by atoms with van der Waals surface area (Å²) in [5.74, 6) is 0. The summed E-state index contributed by atoms with van der Waals surface area (Å²) in [7, 11) is 0. The molecule has 0 aliphatic rings. The molecule has 0 saturated carbocycles. The van der Waals surface area contributed by atoms with Gasteiger partial charge in [0.2, 0.25) is 0 Å². The number of hydrogen-bond donors (Lipinski definition) is 0. The summed E-state index contributed by atoms with van der Waals surface area (Å²) in [5.41, 5.74) is 6.71. The number of carbonyl (C=O) groups is 1. The van der Waals surface area contributed by atoms with Gasteiger partial charge in [-0.3, -0.25) is 19.9 Å². The smallest absolute Gasteiger partial charge is 0.0886 e. The van der Waals surface area contributed by atoms with Crippen LogP contribution in [-0.4, -0.2) is 36.2 Å². The van der Waals surface area contributed by atoms with Crippen molar-refractivity contribution in [3.05, 3.63) is 140 Å². The number of nitrogens with zero attached hydrogens (tertiary/aromatic N) is 6. The van der Waals surface area contributed by atoms with Crippen LogP contribution in [0.4, 0.5) is 0 Å². The van der Waals surface area contributed by atoms with Crippen LogP contribution in [0.15, 0.2) is 134 Å². The van der Waals surface area contributed by atoms with Crippen LogP contribution in [0.5, 0.6) is 0 Å². The molecule has 0 aliphatic carbocycles. The minimum Gasteiger partial charge on any atom is -0.255 e. The van der Waals surface area contributed by atoms with E-state index in [2.05, 4.69) is 48.2 Å². The molecule has 7 nitrogen and oxygen atoms in total. The SMILES string of the molecule is CCCC=O.Cc1ccnc(-c2ccccn2)c1.[Ru][c]1ccnc(-c2ccccn2)c1.c1ccc(-c2ccccn2)nc1. The summed E-state index contributed by atoms with van der Waals surface area (Å²) >= 11 is 2.55. The summed E-state index contributed by atoms with van der Waals surface area (Å²) < 4.78 is 1.13. The van der Waals surface area contributed by atoms with E-state index >= 15 is 0 Å². The maximum absolute atomic E-state index is 9.40. The first kappa shape index (κ1) is 32.7. The fourth-order valence-corrected chi connectivity index (χ4v) is 3.76. The van der Waals surface area contributed by atoms with Crippen LogP contribution in [0.2, 0.25) is 0 Å². The van der Waals surface area contributed by atoms with Crippen molar-refractivity contribution in [3.8, 4) is 34.2 Å². The molecule has 0 atom stereocenters. The molecule has 0 radical (unpaired) electrons. The summed E-state index contributed by atoms with van der Waals surface area (Å²) in [6.45, 7) is 4.03. The average Bonchev–Trinajstić information content (AvgIpc) is 3.08. The van der Waals surface area contributed by atoms with E-state index < -0.39 is 0 Å². The molecular weight excluding hydrogens is 621 g/mol. The molecule has 6 aromatic heterocycles. The van der Waals surface area contributed by atoms with Gasteiger partial charge in [0.05, 0.1) is 22.8 Å². The van der Waals surface area contributed by atoms with Crippen molar-refractivity contribution < 1.29 is 23.1 Å². The molecule has 0 saturated heterocycles. The Morgan fingerprint density at radius 2 is 0.930 bits per heavy atom. The zero-order chi connectivity index (χ0) is 30.5. The molecule has 6 heterocycles. The van der Waals surface area contributed by atoms with E-state index in [0.29, 0.717) is 6.42 Å². The van der Waals surface area contributed by atoms with Crippen LogP contribution in [0.25, 0.3) is 34.2 Å². The third-order valence-electron chi connectivity index (χ3n) is 5.48. The van der Waals surface area contributed by atoms with Crippen LogP contribution in [0.1, 0.15) is 25.3 Å². The number of pyridine rings is 6. The van der Waals surface area contributed by atoms with Gasteiger partial charge in [0.1, 0.15) is 6.29 Å². The second kappa shape index (κ2) is 19.3. The van der Waals surface area contributed by atoms with Gasteiger partial charge in [-0.15, -0.1) is 0 Å². The third kappa shape index (κ3) is 12.3. The third-order valence-corrected chi connectivity index (χ3v) is 6.02. The van der Waals surface area contributed by atoms with Crippen LogP contribution in [0, 0.1) is 6.92 Å². The Balaban J connectivity index is 0.000000164. The Kier molecular flexibility index (Phi) is 14.7. The van der Waals surface area contributed by atoms with Gasteiger partial charge in [0, 0.05) is 31.2 Å². The van der Waals surface area contributed by atoms with Crippen LogP contribution >= 0.6 is 0 Å². The van der Waals surface area contributed by atoms with Crippen molar-refractivity contribution in [1.82, 2.24) is 29.9 Å². The van der Waals surface area contributed by atoms with E-state index in [1.165, 1.54) is 5.56 Å². The largest absolute Gasteiger partial charge is 0.255 e. The quantitative estimate of drug-likeness (QED) is 0.148. The van der Waals surface area contributed by atoms with Gasteiger partial charge in [-0.1, -0.05) is 25.1 Å². The predicted octanol–water partition coefficient (Wildman–Crippen LogP) is 6.90. The van der Waals surface area contributed by atoms with E-state index in [-0.39, 0.29) is 0 Å². The second-order valence-corrected chi connectivity index (χ2v) is 9.88. The molecule has 0 spiro atoms. The molecule has 8 heteroatoms. The molecule has 0 N–H and O–H groups in total. The molecule has 0 aromatic carbocycles. The van der Waals surface area contributed by atoms with Crippen molar-refractivity contribution in [2.24, 2.45) is 0 Å². The number of aryl methyl sites for hydroxylation is 1. The molecule has 0 aliphatic heterocycles. The molecule has 6 aromatic rings. The number of unbranched alkanes of at least 4 members (excludes halogenated alkanes) is 1. The van der Waals surface area contributed by atoms with Gasteiger partial charge in [0.25, 0.3) is 0 Å². The Hall–Kier alpha value is -4.81. The Labute approximate surface area is 263 Å². The number of hydrogen-bond acceptors (Lipinski definition) is 7. The molecule has 6 rings (SSSR count). The standard InChI is InChI=1S/C11H10N2.C10H8N2.C10H7N2.C4H8O.Ru/c1-9-5-7-13-11(8-9)10-4-2-3-6-12-10;2*1-3-7-11-9(5-1)10-6-2-4-8-12-10;1-2-3-4-5;/h2-8H,1H3;1-8H;1,3-8H;4H,2-3H2,1H3;. The molecular formula is C35H33N6ORu. The van der Waals surface area contributed by atoms with Gasteiger partial charge < -0.3 is 4.79 Å². The molecule has 0 fully saturated rings. The maximum Gasteiger partial charge on any atom is 0.0886 e. The van der Waals surface area contributed by atoms with Crippen LogP contribution in [-0.2, 0) is 23.1 Å². The molecule has 43 heavy (non-hydrogen) atoms. The Morgan fingerprint density at radius 3 is 1.26 bits per heavy atom. The zero-order valence-electron chi connectivity index (χ0n) is 24.1. The van der Waals surface area contributed by atoms with E-state index in [4.69, 9.17) is 0 Å². The van der Waals surface area contributed by atoms with E-state index in [0.717, 1.165) is 51.0 Å². The summed E-state index contributed by atoms with van der Waals surface area (Å²) in [6.07, 6.45) is 13.3. The van der Waals surface area contributed by atoms with Crippen molar-refractivity contribution in [1.29, 1.82) is 0 Å². The minimum absolute atomic E-state index is 0.708. The van der Waals surface area contributed by atoms with Crippen LogP contribution < -0.4 is 4.16 Å². The van der Waals surface area contributed by atoms with Gasteiger partial charge in [-0.05, 0) is 67.4 Å². The average molecular weight is 655 g/mol. The van der Waals surface area contributed by atoms with Crippen molar-refractivity contribution >= 4 is 10.4 Å². The predicted molar refractivity (Wildman–Crippen MR) is 168 cm³/mol. The van der Waals surface area contributed by atoms with E-state index in [1.54, 1.807) is 37.2 Å². The Morgan fingerprint density at radius 1 is 0.535 bits per heavy atom. The first-order valence-corrected chi connectivity index (χ1v) is 14.6. The first-order chi connectivity index (χ1) is 21.1. The number of aromatic nitrogens is 6. The van der Waals surface area contributed by atoms with Crippen LogP contribution in [0.3, 0.4) is 0 Å². The maximum atomic E-state index is 9.40. The molecule has 0 bridgehead atoms. The van der Waals surface area contributed by atoms with Gasteiger partial charge >= 0.3 is 86.5 Å². The number of rotatable bonds is 5. The summed E-state index contributed by atoms with van der Waals surface area (Å²) in [4.78, 5) is 34.7. The monoisotopic (exact) mass is 655 g/mol. The topological polar surface area (TPSA) is 94.4 Å². The summed E-state index contributed by atoms with van der Waals surface area (Å²) in [6, 6.07) is 31.2.